The molecule has 0 N–H and O–H groups in total. The molecule has 4 heteroatoms. The smallest absolute Gasteiger partial charge is 0.0694 e. The van der Waals surface area contributed by atoms with Gasteiger partial charge < -0.3 is 9.64 Å². The van der Waals surface area contributed by atoms with Crippen LogP contribution in [0.15, 0.2) is 59.4 Å². The zero-order valence-corrected chi connectivity index (χ0v) is 14.4. The number of hydrogen-bond donors (Lipinski definition) is 0. The number of aromatic nitrogens is 1. The van der Waals surface area contributed by atoms with Crippen LogP contribution in [0.1, 0.15) is 24.0 Å². The summed E-state index contributed by atoms with van der Waals surface area (Å²) in [5.74, 6) is 0. The summed E-state index contributed by atoms with van der Waals surface area (Å²) in [5, 5.41) is 0. The van der Waals surface area contributed by atoms with Crippen LogP contribution in [-0.4, -0.2) is 43.5 Å². The molecule has 1 aromatic heterocycles. The van der Waals surface area contributed by atoms with E-state index in [1.165, 1.54) is 16.8 Å². The summed E-state index contributed by atoms with van der Waals surface area (Å²) in [6.07, 6.45) is 8.20. The van der Waals surface area contributed by atoms with Gasteiger partial charge in [0.1, 0.15) is 0 Å². The maximum atomic E-state index is 5.50. The molecule has 0 unspecified atom stereocenters. The van der Waals surface area contributed by atoms with E-state index >= 15 is 0 Å². The molecule has 3 heterocycles. The van der Waals surface area contributed by atoms with Gasteiger partial charge in [-0.25, -0.2) is 0 Å². The van der Waals surface area contributed by atoms with Gasteiger partial charge in [-0.05, 0) is 48.3 Å². The Morgan fingerprint density at radius 2 is 1.92 bits per heavy atom. The van der Waals surface area contributed by atoms with Crippen molar-refractivity contribution < 1.29 is 4.74 Å². The highest BCUT2D eigenvalue weighted by atomic mass is 16.5. The van der Waals surface area contributed by atoms with Crippen molar-refractivity contribution >= 4 is 17.5 Å². The molecule has 0 aliphatic carbocycles. The minimum Gasteiger partial charge on any atom is -0.378 e. The molecule has 2 aromatic rings. The fraction of sp³-hybridized carbons (Fsp3) is 0.333. The predicted octanol–water partition coefficient (Wildman–Crippen LogP) is 3.58. The summed E-state index contributed by atoms with van der Waals surface area (Å²) in [6.45, 7) is 4.39. The van der Waals surface area contributed by atoms with Crippen molar-refractivity contribution in [1.82, 2.24) is 4.98 Å². The summed E-state index contributed by atoms with van der Waals surface area (Å²) < 4.78 is 5.50. The fourth-order valence-electron chi connectivity index (χ4n) is 3.49. The normalized spacial score (nSPS) is 19.8. The zero-order chi connectivity index (χ0) is 16.9. The minimum atomic E-state index is 0.799. The molecule has 0 amide bonds. The second kappa shape index (κ2) is 7.62. The van der Waals surface area contributed by atoms with Crippen LogP contribution in [0.4, 0.5) is 5.69 Å². The third kappa shape index (κ3) is 3.64. The summed E-state index contributed by atoms with van der Waals surface area (Å²) in [5.41, 5.74) is 6.06. The first-order valence-electron chi connectivity index (χ1n) is 8.99. The van der Waals surface area contributed by atoms with Crippen molar-refractivity contribution in [2.24, 2.45) is 4.99 Å². The van der Waals surface area contributed by atoms with Crippen LogP contribution in [0.2, 0.25) is 0 Å². The number of pyridine rings is 1. The van der Waals surface area contributed by atoms with Crippen molar-refractivity contribution in [2.75, 3.05) is 37.7 Å². The van der Waals surface area contributed by atoms with Gasteiger partial charge in [-0.3, -0.25) is 9.98 Å². The number of para-hydroxylation sites is 1. The maximum absolute atomic E-state index is 5.50. The first-order valence-corrected chi connectivity index (χ1v) is 8.99. The second-order valence-electron chi connectivity index (χ2n) is 6.40. The average molecular weight is 333 g/mol. The van der Waals surface area contributed by atoms with Gasteiger partial charge in [0.25, 0.3) is 0 Å². The highest BCUT2D eigenvalue weighted by Crippen LogP contribution is 2.27. The number of benzene rings is 1. The van der Waals surface area contributed by atoms with Gasteiger partial charge in [-0.15, -0.1) is 0 Å². The number of ether oxygens (including phenoxy) is 1. The van der Waals surface area contributed by atoms with Crippen LogP contribution in [0, 0.1) is 0 Å². The molecule has 128 valence electrons. The Balaban J connectivity index is 1.70. The predicted molar refractivity (Wildman–Crippen MR) is 102 cm³/mol. The summed E-state index contributed by atoms with van der Waals surface area (Å²) in [7, 11) is 0. The standard InChI is InChI=1S/C21H23N3O/c1-2-8-20(24-11-13-25-14-12-24)17(5-1)15-18-6-4-10-23-21(18)19-7-3-9-22-16-19/h1-3,5,7-9,15-16H,4,6,10-14H2. The molecule has 0 saturated carbocycles. The third-order valence-corrected chi connectivity index (χ3v) is 4.73. The number of aliphatic imine (C=N–C) groups is 1. The summed E-state index contributed by atoms with van der Waals surface area (Å²) >= 11 is 0. The lowest BCUT2D eigenvalue weighted by Crippen LogP contribution is -2.36. The molecule has 1 fully saturated rings. The van der Waals surface area contributed by atoms with Crippen LogP contribution in [0.25, 0.3) is 6.08 Å². The summed E-state index contributed by atoms with van der Waals surface area (Å²) in [4.78, 5) is 11.5. The third-order valence-electron chi connectivity index (χ3n) is 4.73. The molecule has 0 spiro atoms. The molecule has 1 aromatic carbocycles. The highest BCUT2D eigenvalue weighted by molar-refractivity contribution is 6.15. The van der Waals surface area contributed by atoms with Gasteiger partial charge in [0.05, 0.1) is 18.9 Å². The lowest BCUT2D eigenvalue weighted by molar-refractivity contribution is 0.122. The van der Waals surface area contributed by atoms with Crippen LogP contribution in [-0.2, 0) is 4.74 Å². The molecule has 0 radical (unpaired) electrons. The van der Waals surface area contributed by atoms with Gasteiger partial charge in [0.2, 0.25) is 0 Å². The van der Waals surface area contributed by atoms with Crippen molar-refractivity contribution in [2.45, 2.75) is 12.8 Å². The van der Waals surface area contributed by atoms with Crippen molar-refractivity contribution in [3.05, 3.63) is 65.5 Å². The van der Waals surface area contributed by atoms with Gasteiger partial charge in [0, 0.05) is 43.3 Å². The van der Waals surface area contributed by atoms with E-state index in [4.69, 9.17) is 9.73 Å². The number of hydrogen-bond acceptors (Lipinski definition) is 4. The topological polar surface area (TPSA) is 37.7 Å². The average Bonchev–Trinajstić information content (AvgIpc) is 2.70. The first-order chi connectivity index (χ1) is 12.4. The fourth-order valence-corrected chi connectivity index (χ4v) is 3.49. The summed E-state index contributed by atoms with van der Waals surface area (Å²) in [6, 6.07) is 12.7. The van der Waals surface area contributed by atoms with Crippen LogP contribution < -0.4 is 4.90 Å². The Bertz CT molecular complexity index is 777. The molecular formula is C21H23N3O. The number of nitrogens with zero attached hydrogens (tertiary/aromatic N) is 3. The van der Waals surface area contributed by atoms with E-state index in [1.54, 1.807) is 0 Å². The first kappa shape index (κ1) is 16.0. The van der Waals surface area contributed by atoms with E-state index < -0.39 is 0 Å². The number of anilines is 1. The molecule has 0 bridgehead atoms. The molecular weight excluding hydrogens is 310 g/mol. The van der Waals surface area contributed by atoms with E-state index in [9.17, 15) is 0 Å². The number of rotatable bonds is 3. The number of allylic oxidation sites excluding steroid dienone is 1. The van der Waals surface area contributed by atoms with Crippen molar-refractivity contribution in [1.29, 1.82) is 0 Å². The monoisotopic (exact) mass is 333 g/mol. The molecule has 4 rings (SSSR count). The molecule has 1 saturated heterocycles. The minimum absolute atomic E-state index is 0.799. The molecule has 2 aliphatic rings. The second-order valence-corrected chi connectivity index (χ2v) is 6.40. The van der Waals surface area contributed by atoms with E-state index in [0.29, 0.717) is 0 Å². The van der Waals surface area contributed by atoms with Crippen LogP contribution >= 0.6 is 0 Å². The van der Waals surface area contributed by atoms with Crippen molar-refractivity contribution in [3.8, 4) is 0 Å². The Morgan fingerprint density at radius 3 is 2.76 bits per heavy atom. The molecule has 0 atom stereocenters. The van der Waals surface area contributed by atoms with Crippen LogP contribution in [0.3, 0.4) is 0 Å². The Hall–Kier alpha value is -2.46. The lowest BCUT2D eigenvalue weighted by Gasteiger charge is -2.30. The maximum Gasteiger partial charge on any atom is 0.0694 e. The quantitative estimate of drug-likeness (QED) is 0.861. The molecule has 2 aliphatic heterocycles. The Kier molecular flexibility index (Phi) is 4.89. The highest BCUT2D eigenvalue weighted by Gasteiger charge is 2.17. The number of morpholine rings is 1. The zero-order valence-electron chi connectivity index (χ0n) is 14.4. The van der Waals surface area contributed by atoms with E-state index in [1.807, 2.05) is 18.5 Å². The Morgan fingerprint density at radius 1 is 1.04 bits per heavy atom. The lowest BCUT2D eigenvalue weighted by atomic mass is 9.94. The largest absolute Gasteiger partial charge is 0.378 e. The van der Waals surface area contributed by atoms with Gasteiger partial charge in [0.15, 0.2) is 0 Å². The Labute approximate surface area is 148 Å². The van der Waals surface area contributed by atoms with Gasteiger partial charge >= 0.3 is 0 Å². The molecule has 4 nitrogen and oxygen atoms in total. The SMILES string of the molecule is C(=C1CCCN=C1c1cccnc1)c1ccccc1N1CCOCC1. The van der Waals surface area contributed by atoms with E-state index in [2.05, 4.69) is 46.3 Å². The molecule has 25 heavy (non-hydrogen) atoms. The van der Waals surface area contributed by atoms with Gasteiger partial charge in [-0.2, -0.15) is 0 Å². The van der Waals surface area contributed by atoms with Crippen molar-refractivity contribution in [3.63, 3.8) is 0 Å². The van der Waals surface area contributed by atoms with E-state index in [-0.39, 0.29) is 0 Å². The van der Waals surface area contributed by atoms with E-state index in [0.717, 1.165) is 57.0 Å². The van der Waals surface area contributed by atoms with Gasteiger partial charge in [-0.1, -0.05) is 18.2 Å². The van der Waals surface area contributed by atoms with Crippen LogP contribution in [0.5, 0.6) is 0 Å².